The molecule has 3 amide bonds. The summed E-state index contributed by atoms with van der Waals surface area (Å²) in [5.41, 5.74) is 0.783. The quantitative estimate of drug-likeness (QED) is 0.772. The zero-order chi connectivity index (χ0) is 20.3. The Hall–Kier alpha value is -2.57. The van der Waals surface area contributed by atoms with Crippen LogP contribution in [0.2, 0.25) is 0 Å². The van der Waals surface area contributed by atoms with Crippen LogP contribution in [0, 0.1) is 11.8 Å². The van der Waals surface area contributed by atoms with E-state index in [2.05, 4.69) is 0 Å². The van der Waals surface area contributed by atoms with Crippen molar-refractivity contribution >= 4 is 23.4 Å². The molecule has 0 saturated carbocycles. The van der Waals surface area contributed by atoms with Gasteiger partial charge in [0, 0.05) is 51.3 Å². The summed E-state index contributed by atoms with van der Waals surface area (Å²) < 4.78 is 5.15. The number of hydrogen-bond acceptors (Lipinski definition) is 4. The summed E-state index contributed by atoms with van der Waals surface area (Å²) in [6, 6.07) is 7.29. The van der Waals surface area contributed by atoms with Crippen LogP contribution in [0.4, 0.5) is 5.69 Å². The van der Waals surface area contributed by atoms with Gasteiger partial charge >= 0.3 is 0 Å². The Morgan fingerprint density at radius 2 is 1.68 bits per heavy atom. The molecule has 0 N–H and O–H groups in total. The highest BCUT2D eigenvalue weighted by Gasteiger charge is 2.38. The lowest BCUT2D eigenvalue weighted by atomic mass is 10.1. The third-order valence-electron chi connectivity index (χ3n) is 5.39. The van der Waals surface area contributed by atoms with Gasteiger partial charge in [0.2, 0.25) is 17.7 Å². The van der Waals surface area contributed by atoms with Crippen LogP contribution < -0.4 is 9.64 Å². The van der Waals surface area contributed by atoms with Crippen molar-refractivity contribution in [2.45, 2.75) is 26.7 Å². The van der Waals surface area contributed by atoms with E-state index in [-0.39, 0.29) is 30.1 Å². The molecule has 2 aliphatic heterocycles. The molecule has 3 rings (SSSR count). The average Bonchev–Trinajstić information content (AvgIpc) is 3.08. The summed E-state index contributed by atoms with van der Waals surface area (Å²) in [6.45, 7) is 6.68. The van der Waals surface area contributed by atoms with Gasteiger partial charge in [-0.25, -0.2) is 0 Å². The number of ether oxygens (including phenoxy) is 1. The zero-order valence-corrected chi connectivity index (χ0v) is 16.9. The number of rotatable bonds is 5. The van der Waals surface area contributed by atoms with Gasteiger partial charge < -0.3 is 19.4 Å². The number of benzene rings is 1. The van der Waals surface area contributed by atoms with Crippen molar-refractivity contribution in [2.75, 3.05) is 44.7 Å². The number of piperazine rings is 1. The minimum absolute atomic E-state index is 0.0142. The number of amides is 3. The van der Waals surface area contributed by atoms with Gasteiger partial charge in [-0.2, -0.15) is 0 Å². The molecule has 152 valence electrons. The highest BCUT2D eigenvalue weighted by atomic mass is 16.5. The molecule has 7 heteroatoms. The van der Waals surface area contributed by atoms with E-state index in [1.165, 1.54) is 0 Å². The number of anilines is 1. The van der Waals surface area contributed by atoms with Gasteiger partial charge in [0.15, 0.2) is 0 Å². The minimum atomic E-state index is -0.326. The van der Waals surface area contributed by atoms with Gasteiger partial charge in [0.25, 0.3) is 0 Å². The van der Waals surface area contributed by atoms with Crippen molar-refractivity contribution in [1.82, 2.24) is 9.80 Å². The first-order valence-electron chi connectivity index (χ1n) is 9.90. The van der Waals surface area contributed by atoms with Crippen LogP contribution in [0.5, 0.6) is 5.75 Å². The van der Waals surface area contributed by atoms with E-state index in [4.69, 9.17) is 4.74 Å². The molecule has 0 spiro atoms. The third-order valence-corrected chi connectivity index (χ3v) is 5.39. The second kappa shape index (κ2) is 8.63. The maximum Gasteiger partial charge on any atom is 0.228 e. The lowest BCUT2D eigenvalue weighted by Crippen LogP contribution is -2.52. The molecule has 1 aromatic carbocycles. The fraction of sp³-hybridized carbons (Fsp3) is 0.571. The minimum Gasteiger partial charge on any atom is -0.497 e. The predicted molar refractivity (Wildman–Crippen MR) is 106 cm³/mol. The molecule has 2 heterocycles. The molecule has 1 unspecified atom stereocenters. The highest BCUT2D eigenvalue weighted by molar-refractivity contribution is 6.00. The van der Waals surface area contributed by atoms with Gasteiger partial charge in [-0.3, -0.25) is 14.4 Å². The smallest absolute Gasteiger partial charge is 0.228 e. The van der Waals surface area contributed by atoms with Crippen molar-refractivity contribution in [3.05, 3.63) is 24.3 Å². The molecule has 0 aromatic heterocycles. The third kappa shape index (κ3) is 4.46. The molecular weight excluding hydrogens is 358 g/mol. The molecule has 2 aliphatic rings. The van der Waals surface area contributed by atoms with Crippen LogP contribution in [-0.2, 0) is 14.4 Å². The van der Waals surface area contributed by atoms with E-state index in [1.807, 2.05) is 43.0 Å². The molecule has 0 radical (unpaired) electrons. The van der Waals surface area contributed by atoms with Crippen LogP contribution in [0.1, 0.15) is 26.7 Å². The number of methoxy groups -OCH3 is 1. The summed E-state index contributed by atoms with van der Waals surface area (Å²) >= 11 is 0. The standard InChI is InChI=1S/C21H29N3O4/c1-15(2)12-19(25)22-8-10-23(11-9-22)21(27)16-13-20(26)24(14-16)17-4-6-18(28-3)7-5-17/h4-7,15-16H,8-14H2,1-3H3. The van der Waals surface area contributed by atoms with E-state index in [9.17, 15) is 14.4 Å². The zero-order valence-electron chi connectivity index (χ0n) is 16.9. The van der Waals surface area contributed by atoms with Gasteiger partial charge in [0.1, 0.15) is 5.75 Å². The second-order valence-corrected chi connectivity index (χ2v) is 7.91. The van der Waals surface area contributed by atoms with E-state index < -0.39 is 0 Å². The Morgan fingerprint density at radius 1 is 1.07 bits per heavy atom. The first kappa shape index (κ1) is 20.2. The summed E-state index contributed by atoms with van der Waals surface area (Å²) in [6.07, 6.45) is 0.777. The summed E-state index contributed by atoms with van der Waals surface area (Å²) in [4.78, 5) is 42.8. The molecule has 7 nitrogen and oxygen atoms in total. The predicted octanol–water partition coefficient (Wildman–Crippen LogP) is 1.76. The Labute approximate surface area is 166 Å². The molecule has 2 fully saturated rings. The fourth-order valence-electron chi connectivity index (χ4n) is 3.80. The lowest BCUT2D eigenvalue weighted by molar-refractivity contribution is -0.142. The van der Waals surface area contributed by atoms with Crippen LogP contribution in [0.25, 0.3) is 0 Å². The molecule has 1 atom stereocenters. The van der Waals surface area contributed by atoms with Crippen LogP contribution in [-0.4, -0.2) is 67.4 Å². The van der Waals surface area contributed by atoms with E-state index in [0.29, 0.717) is 45.1 Å². The first-order valence-corrected chi connectivity index (χ1v) is 9.90. The maximum absolute atomic E-state index is 12.9. The van der Waals surface area contributed by atoms with E-state index in [0.717, 1.165) is 11.4 Å². The normalized spacial score (nSPS) is 20.1. The Morgan fingerprint density at radius 3 is 2.25 bits per heavy atom. The molecular formula is C21H29N3O4. The molecule has 1 aromatic rings. The number of nitrogens with zero attached hydrogens (tertiary/aromatic N) is 3. The number of carbonyl (C=O) groups excluding carboxylic acids is 3. The Bertz CT molecular complexity index is 724. The van der Waals surface area contributed by atoms with Crippen molar-refractivity contribution in [3.63, 3.8) is 0 Å². The number of carbonyl (C=O) groups is 3. The monoisotopic (exact) mass is 387 g/mol. The summed E-state index contributed by atoms with van der Waals surface area (Å²) in [5.74, 6) is 0.874. The van der Waals surface area contributed by atoms with Gasteiger partial charge in [-0.05, 0) is 30.2 Å². The number of hydrogen-bond donors (Lipinski definition) is 0. The SMILES string of the molecule is COc1ccc(N2CC(C(=O)N3CCN(C(=O)CC(C)C)CC3)CC2=O)cc1. The molecule has 0 bridgehead atoms. The van der Waals surface area contributed by atoms with E-state index in [1.54, 1.807) is 16.9 Å². The first-order chi connectivity index (χ1) is 13.4. The van der Waals surface area contributed by atoms with Crippen LogP contribution in [0.15, 0.2) is 24.3 Å². The van der Waals surface area contributed by atoms with Crippen molar-refractivity contribution in [2.24, 2.45) is 11.8 Å². The van der Waals surface area contributed by atoms with Gasteiger partial charge in [0.05, 0.1) is 13.0 Å². The molecule has 0 aliphatic carbocycles. The fourth-order valence-corrected chi connectivity index (χ4v) is 3.80. The Balaban J connectivity index is 1.55. The van der Waals surface area contributed by atoms with Gasteiger partial charge in [-0.1, -0.05) is 13.8 Å². The van der Waals surface area contributed by atoms with Crippen LogP contribution in [0.3, 0.4) is 0 Å². The van der Waals surface area contributed by atoms with E-state index >= 15 is 0 Å². The maximum atomic E-state index is 12.9. The topological polar surface area (TPSA) is 70.2 Å². The van der Waals surface area contributed by atoms with Crippen molar-refractivity contribution in [1.29, 1.82) is 0 Å². The highest BCUT2D eigenvalue weighted by Crippen LogP contribution is 2.28. The van der Waals surface area contributed by atoms with Crippen molar-refractivity contribution in [3.8, 4) is 5.75 Å². The Kier molecular flexibility index (Phi) is 6.21. The lowest BCUT2D eigenvalue weighted by Gasteiger charge is -2.36. The second-order valence-electron chi connectivity index (χ2n) is 7.91. The van der Waals surface area contributed by atoms with Gasteiger partial charge in [-0.15, -0.1) is 0 Å². The average molecular weight is 387 g/mol. The molecule has 2 saturated heterocycles. The van der Waals surface area contributed by atoms with Crippen LogP contribution >= 0.6 is 0 Å². The summed E-state index contributed by atoms with van der Waals surface area (Å²) in [5, 5.41) is 0. The van der Waals surface area contributed by atoms with Crippen molar-refractivity contribution < 1.29 is 19.1 Å². The summed E-state index contributed by atoms with van der Waals surface area (Å²) in [7, 11) is 1.60. The molecule has 28 heavy (non-hydrogen) atoms. The largest absolute Gasteiger partial charge is 0.497 e.